The van der Waals surface area contributed by atoms with Crippen molar-refractivity contribution < 1.29 is 18.3 Å². The number of para-hydroxylation sites is 1. The highest BCUT2D eigenvalue weighted by molar-refractivity contribution is 5.62. The highest BCUT2D eigenvalue weighted by Crippen LogP contribution is 2.41. The van der Waals surface area contributed by atoms with Gasteiger partial charge in [0.25, 0.3) is 0 Å². The average Bonchev–Trinajstić information content (AvgIpc) is 2.27. The van der Waals surface area contributed by atoms with Gasteiger partial charge in [0.2, 0.25) is 0 Å². The van der Waals surface area contributed by atoms with Crippen LogP contribution in [0, 0.1) is 0 Å². The van der Waals surface area contributed by atoms with Gasteiger partial charge in [-0.25, -0.2) is 0 Å². The molecule has 5 heteroatoms. The van der Waals surface area contributed by atoms with Gasteiger partial charge in [0.15, 0.2) is 0 Å². The maximum absolute atomic E-state index is 12.8. The summed E-state index contributed by atoms with van der Waals surface area (Å²) in [5.41, 5.74) is -0.558. The first kappa shape index (κ1) is 12.2. The maximum Gasteiger partial charge on any atom is 0.418 e. The number of aryl methyl sites for hydroxylation is 1. The molecule has 1 aliphatic heterocycles. The van der Waals surface area contributed by atoms with E-state index in [-0.39, 0.29) is 12.3 Å². The summed E-state index contributed by atoms with van der Waals surface area (Å²) in [6.07, 6.45) is -3.20. The van der Waals surface area contributed by atoms with Crippen molar-refractivity contribution in [2.45, 2.75) is 31.5 Å². The third-order valence-corrected chi connectivity index (χ3v) is 3.18. The third kappa shape index (κ3) is 2.24. The van der Waals surface area contributed by atoms with Crippen molar-refractivity contribution in [3.05, 3.63) is 29.3 Å². The number of rotatable bonds is 1. The predicted molar refractivity (Wildman–Crippen MR) is 58.9 cm³/mol. The van der Waals surface area contributed by atoms with Gasteiger partial charge in [-0.15, -0.1) is 0 Å². The average molecular weight is 245 g/mol. The highest BCUT2D eigenvalue weighted by atomic mass is 19.4. The standard InChI is InChI=1S/C12H14F3NO/c1-11(7-17)6-5-8-3-2-4-9(10(8)16-11)12(13,14)15/h2-4,16-17H,5-7H2,1H3. The highest BCUT2D eigenvalue weighted by Gasteiger charge is 2.38. The molecule has 0 radical (unpaired) electrons. The number of hydrogen-bond donors (Lipinski definition) is 2. The van der Waals surface area contributed by atoms with E-state index in [1.165, 1.54) is 6.07 Å². The summed E-state index contributed by atoms with van der Waals surface area (Å²) in [5, 5.41) is 12.1. The molecule has 1 aliphatic rings. The van der Waals surface area contributed by atoms with Crippen LogP contribution >= 0.6 is 0 Å². The molecule has 1 aromatic carbocycles. The lowest BCUT2D eigenvalue weighted by molar-refractivity contribution is -0.137. The van der Waals surface area contributed by atoms with Gasteiger partial charge in [0.05, 0.1) is 23.4 Å². The van der Waals surface area contributed by atoms with Crippen LogP contribution in [-0.2, 0) is 12.6 Å². The number of aliphatic hydroxyl groups is 1. The molecule has 0 fully saturated rings. The number of hydrogen-bond acceptors (Lipinski definition) is 2. The van der Waals surface area contributed by atoms with Crippen LogP contribution in [0.3, 0.4) is 0 Å². The Morgan fingerprint density at radius 3 is 2.71 bits per heavy atom. The summed E-state index contributed by atoms with van der Waals surface area (Å²) >= 11 is 0. The molecule has 94 valence electrons. The molecule has 0 aliphatic carbocycles. The van der Waals surface area contributed by atoms with Crippen LogP contribution in [0.2, 0.25) is 0 Å². The van der Waals surface area contributed by atoms with Crippen molar-refractivity contribution in [1.29, 1.82) is 0 Å². The molecule has 1 unspecified atom stereocenters. The maximum atomic E-state index is 12.8. The van der Waals surface area contributed by atoms with E-state index >= 15 is 0 Å². The fourth-order valence-electron chi connectivity index (χ4n) is 2.09. The lowest BCUT2D eigenvalue weighted by Gasteiger charge is -2.36. The van der Waals surface area contributed by atoms with Crippen molar-refractivity contribution in [3.63, 3.8) is 0 Å². The number of anilines is 1. The van der Waals surface area contributed by atoms with Gasteiger partial charge >= 0.3 is 6.18 Å². The first-order valence-electron chi connectivity index (χ1n) is 5.44. The van der Waals surface area contributed by atoms with Gasteiger partial charge in [-0.1, -0.05) is 12.1 Å². The van der Waals surface area contributed by atoms with Crippen molar-refractivity contribution in [2.75, 3.05) is 11.9 Å². The van der Waals surface area contributed by atoms with Crippen LogP contribution < -0.4 is 5.32 Å². The predicted octanol–water partition coefficient (Wildman–Crippen LogP) is 2.81. The summed E-state index contributed by atoms with van der Waals surface area (Å²) in [4.78, 5) is 0. The summed E-state index contributed by atoms with van der Waals surface area (Å²) in [6.45, 7) is 1.54. The second kappa shape index (κ2) is 3.91. The Balaban J connectivity index is 2.47. The topological polar surface area (TPSA) is 32.3 Å². The normalized spacial score (nSPS) is 24.1. The Morgan fingerprint density at radius 2 is 2.12 bits per heavy atom. The summed E-state index contributed by atoms with van der Waals surface area (Å²) in [7, 11) is 0. The van der Waals surface area contributed by atoms with Crippen molar-refractivity contribution in [2.24, 2.45) is 0 Å². The minimum atomic E-state index is -4.37. The molecular formula is C12H14F3NO. The Kier molecular flexibility index (Phi) is 2.81. The zero-order valence-electron chi connectivity index (χ0n) is 9.43. The van der Waals surface area contributed by atoms with Crippen LogP contribution in [0.1, 0.15) is 24.5 Å². The second-order valence-electron chi connectivity index (χ2n) is 4.68. The summed E-state index contributed by atoms with van der Waals surface area (Å²) in [6, 6.07) is 4.18. The van der Waals surface area contributed by atoms with Crippen molar-refractivity contribution >= 4 is 5.69 Å². The number of aliphatic hydroxyl groups excluding tert-OH is 1. The van der Waals surface area contributed by atoms with Gasteiger partial charge in [0, 0.05) is 0 Å². The smallest absolute Gasteiger partial charge is 0.394 e. The molecule has 1 heterocycles. The molecule has 0 bridgehead atoms. The lowest BCUT2D eigenvalue weighted by Crippen LogP contribution is -2.42. The molecule has 2 rings (SSSR count). The van der Waals surface area contributed by atoms with E-state index in [0.29, 0.717) is 18.4 Å². The summed E-state index contributed by atoms with van der Waals surface area (Å²) < 4.78 is 38.5. The number of alkyl halides is 3. The quantitative estimate of drug-likeness (QED) is 0.797. The molecular weight excluding hydrogens is 231 g/mol. The number of fused-ring (bicyclic) bond motifs is 1. The monoisotopic (exact) mass is 245 g/mol. The molecule has 0 amide bonds. The Bertz CT molecular complexity index is 430. The first-order chi connectivity index (χ1) is 7.86. The van der Waals surface area contributed by atoms with E-state index in [1.807, 2.05) is 0 Å². The summed E-state index contributed by atoms with van der Waals surface area (Å²) in [5.74, 6) is 0. The number of halogens is 3. The van der Waals surface area contributed by atoms with Gasteiger partial charge in [-0.3, -0.25) is 0 Å². The lowest BCUT2D eigenvalue weighted by atomic mass is 9.87. The van der Waals surface area contributed by atoms with E-state index in [2.05, 4.69) is 5.32 Å². The minimum Gasteiger partial charge on any atom is -0.394 e. The molecule has 1 atom stereocenters. The molecule has 0 spiro atoms. The molecule has 0 saturated carbocycles. The van der Waals surface area contributed by atoms with Gasteiger partial charge in [-0.05, 0) is 31.4 Å². The molecule has 0 saturated heterocycles. The Hall–Kier alpha value is -1.23. The van der Waals surface area contributed by atoms with Crippen LogP contribution in [0.15, 0.2) is 18.2 Å². The van der Waals surface area contributed by atoms with Crippen molar-refractivity contribution in [1.82, 2.24) is 0 Å². The van der Waals surface area contributed by atoms with Gasteiger partial charge < -0.3 is 10.4 Å². The molecule has 1 aromatic rings. The van der Waals surface area contributed by atoms with E-state index in [4.69, 9.17) is 0 Å². The van der Waals surface area contributed by atoms with Crippen LogP contribution in [0.5, 0.6) is 0 Å². The SMILES string of the molecule is CC1(CO)CCc2cccc(C(F)(F)F)c2N1. The number of benzene rings is 1. The molecule has 2 nitrogen and oxygen atoms in total. The molecule has 0 aromatic heterocycles. The fraction of sp³-hybridized carbons (Fsp3) is 0.500. The van der Waals surface area contributed by atoms with Crippen LogP contribution in [0.4, 0.5) is 18.9 Å². The van der Waals surface area contributed by atoms with Gasteiger partial charge in [-0.2, -0.15) is 13.2 Å². The minimum absolute atomic E-state index is 0.114. The molecule has 17 heavy (non-hydrogen) atoms. The second-order valence-corrected chi connectivity index (χ2v) is 4.68. The molecule has 2 N–H and O–H groups in total. The number of nitrogens with one attached hydrogen (secondary N) is 1. The Morgan fingerprint density at radius 1 is 1.41 bits per heavy atom. The van der Waals surface area contributed by atoms with E-state index in [1.54, 1.807) is 13.0 Å². The van der Waals surface area contributed by atoms with E-state index in [0.717, 1.165) is 6.07 Å². The van der Waals surface area contributed by atoms with Crippen LogP contribution in [0.25, 0.3) is 0 Å². The zero-order chi connectivity index (χ0) is 12.7. The van der Waals surface area contributed by atoms with E-state index in [9.17, 15) is 18.3 Å². The first-order valence-corrected chi connectivity index (χ1v) is 5.44. The van der Waals surface area contributed by atoms with Gasteiger partial charge in [0.1, 0.15) is 0 Å². The zero-order valence-corrected chi connectivity index (χ0v) is 9.43. The third-order valence-electron chi connectivity index (χ3n) is 3.18. The van der Waals surface area contributed by atoms with E-state index < -0.39 is 17.3 Å². The van der Waals surface area contributed by atoms with Crippen molar-refractivity contribution in [3.8, 4) is 0 Å². The Labute approximate surface area is 97.5 Å². The van der Waals surface area contributed by atoms with Crippen LogP contribution in [-0.4, -0.2) is 17.3 Å². The fourth-order valence-corrected chi connectivity index (χ4v) is 2.09. The largest absolute Gasteiger partial charge is 0.418 e.